The zero-order valence-corrected chi connectivity index (χ0v) is 26.1. The highest BCUT2D eigenvalue weighted by Crippen LogP contribution is 2.55. The van der Waals surface area contributed by atoms with Crippen molar-refractivity contribution >= 4 is 35.6 Å². The maximum atomic E-state index is 14.2. The van der Waals surface area contributed by atoms with Gasteiger partial charge < -0.3 is 25.0 Å². The van der Waals surface area contributed by atoms with E-state index < -0.39 is 35.7 Å². The molecule has 4 aliphatic rings. The van der Waals surface area contributed by atoms with Crippen molar-refractivity contribution in [3.63, 3.8) is 0 Å². The Bertz CT molecular complexity index is 1210. The molecular weight excluding hydrogens is 556 g/mol. The zero-order chi connectivity index (χ0) is 30.2. The summed E-state index contributed by atoms with van der Waals surface area (Å²) >= 11 is 1.70. The number of amides is 4. The van der Waals surface area contributed by atoms with Crippen molar-refractivity contribution in [3.8, 4) is 5.75 Å². The van der Waals surface area contributed by atoms with E-state index in [9.17, 15) is 19.2 Å². The zero-order valence-electron chi connectivity index (χ0n) is 25.3. The normalized spacial score (nSPS) is 27.3. The van der Waals surface area contributed by atoms with Crippen LogP contribution >= 0.6 is 11.8 Å². The molecule has 1 spiro atoms. The lowest BCUT2D eigenvalue weighted by Crippen LogP contribution is -2.59. The molecule has 2 N–H and O–H groups in total. The number of benzene rings is 1. The van der Waals surface area contributed by atoms with E-state index in [-0.39, 0.29) is 28.6 Å². The Morgan fingerprint density at radius 2 is 1.83 bits per heavy atom. The molecule has 4 amide bonds. The van der Waals surface area contributed by atoms with Crippen molar-refractivity contribution in [1.29, 1.82) is 0 Å². The summed E-state index contributed by atoms with van der Waals surface area (Å²) in [6.45, 7) is 7.43. The van der Waals surface area contributed by atoms with Crippen LogP contribution in [0, 0.1) is 5.41 Å². The number of nitrogens with zero attached hydrogens (tertiary/aromatic N) is 2. The lowest BCUT2D eigenvalue weighted by Gasteiger charge is -2.37. The molecule has 1 aromatic carbocycles. The van der Waals surface area contributed by atoms with E-state index in [1.165, 1.54) is 11.9 Å². The first-order chi connectivity index (χ1) is 19.9. The van der Waals surface area contributed by atoms with Crippen LogP contribution in [0.5, 0.6) is 5.75 Å². The van der Waals surface area contributed by atoms with Gasteiger partial charge in [0.25, 0.3) is 0 Å². The van der Waals surface area contributed by atoms with Gasteiger partial charge in [0, 0.05) is 24.4 Å². The van der Waals surface area contributed by atoms with E-state index in [1.54, 1.807) is 44.4 Å². The van der Waals surface area contributed by atoms with Crippen LogP contribution in [0.25, 0.3) is 0 Å². The van der Waals surface area contributed by atoms with Crippen LogP contribution in [0.15, 0.2) is 24.3 Å². The fourth-order valence-electron chi connectivity index (χ4n) is 6.85. The SMILES string of the molecule is C[C@@H](C(=O)N[C@H]1CCS[C@H]2CC3(CCCC3)[C@@H](C(=O)NC3CCOc4ccccc43)N2C1=O)N(C)C(=O)OC(C)(C)C. The Balaban J connectivity index is 1.34. The van der Waals surface area contributed by atoms with Crippen molar-refractivity contribution in [2.45, 2.75) is 108 Å². The van der Waals surface area contributed by atoms with Crippen molar-refractivity contribution < 1.29 is 28.7 Å². The van der Waals surface area contributed by atoms with E-state index in [0.29, 0.717) is 25.2 Å². The molecule has 2 saturated heterocycles. The molecule has 3 heterocycles. The van der Waals surface area contributed by atoms with Crippen LogP contribution < -0.4 is 15.4 Å². The molecule has 42 heavy (non-hydrogen) atoms. The molecule has 1 aromatic rings. The summed E-state index contributed by atoms with van der Waals surface area (Å²) in [7, 11) is 1.51. The van der Waals surface area contributed by atoms with Crippen LogP contribution in [0.2, 0.25) is 0 Å². The molecule has 1 aliphatic carbocycles. The van der Waals surface area contributed by atoms with E-state index in [2.05, 4.69) is 10.6 Å². The third kappa shape index (κ3) is 6.07. The van der Waals surface area contributed by atoms with E-state index in [4.69, 9.17) is 9.47 Å². The number of hydrogen-bond donors (Lipinski definition) is 2. The molecule has 5 rings (SSSR count). The third-order valence-corrected chi connectivity index (χ3v) is 10.3. The predicted octanol–water partition coefficient (Wildman–Crippen LogP) is 3.99. The number of rotatable bonds is 5. The maximum absolute atomic E-state index is 14.2. The van der Waals surface area contributed by atoms with Gasteiger partial charge in [-0.1, -0.05) is 31.0 Å². The topological polar surface area (TPSA) is 117 Å². The molecule has 0 radical (unpaired) electrons. The van der Waals surface area contributed by atoms with Gasteiger partial charge >= 0.3 is 6.09 Å². The second-order valence-electron chi connectivity index (χ2n) is 13.1. The Hall–Kier alpha value is -2.95. The number of carbonyl (C=O) groups excluding carboxylic acids is 4. The summed E-state index contributed by atoms with van der Waals surface area (Å²) in [5, 5.41) is 6.09. The number of ether oxygens (including phenoxy) is 2. The first kappa shape index (κ1) is 30.5. The smallest absolute Gasteiger partial charge is 0.410 e. The van der Waals surface area contributed by atoms with E-state index in [0.717, 1.165) is 43.4 Å². The molecule has 0 aromatic heterocycles. The number of likely N-dealkylation sites (N-methyl/N-ethyl adjacent to an activating group) is 1. The van der Waals surface area contributed by atoms with Crippen molar-refractivity contribution in [1.82, 2.24) is 20.4 Å². The average Bonchev–Trinajstić information content (AvgIpc) is 3.50. The van der Waals surface area contributed by atoms with Crippen LogP contribution in [-0.4, -0.2) is 82.1 Å². The van der Waals surface area contributed by atoms with Gasteiger partial charge in [-0.3, -0.25) is 19.3 Å². The first-order valence-electron chi connectivity index (χ1n) is 15.1. The largest absolute Gasteiger partial charge is 0.493 e. The molecule has 0 bridgehead atoms. The lowest BCUT2D eigenvalue weighted by molar-refractivity contribution is -0.144. The summed E-state index contributed by atoms with van der Waals surface area (Å²) in [6, 6.07) is 5.37. The maximum Gasteiger partial charge on any atom is 0.410 e. The minimum Gasteiger partial charge on any atom is -0.493 e. The van der Waals surface area contributed by atoms with Crippen molar-refractivity contribution in [2.75, 3.05) is 19.4 Å². The molecule has 5 atom stereocenters. The number of carbonyl (C=O) groups is 4. The third-order valence-electron chi connectivity index (χ3n) is 9.10. The summed E-state index contributed by atoms with van der Waals surface area (Å²) in [6.07, 6.45) is 5.19. The second kappa shape index (κ2) is 12.0. The Labute approximate surface area is 252 Å². The Kier molecular flexibility index (Phi) is 8.70. The second-order valence-corrected chi connectivity index (χ2v) is 14.4. The summed E-state index contributed by atoms with van der Waals surface area (Å²) < 4.78 is 11.2. The quantitative estimate of drug-likeness (QED) is 0.525. The van der Waals surface area contributed by atoms with Crippen LogP contribution in [0.3, 0.4) is 0 Å². The monoisotopic (exact) mass is 600 g/mol. The van der Waals surface area contributed by atoms with Gasteiger partial charge in [-0.2, -0.15) is 0 Å². The van der Waals surface area contributed by atoms with Crippen molar-refractivity contribution in [3.05, 3.63) is 29.8 Å². The summed E-state index contributed by atoms with van der Waals surface area (Å²) in [5.74, 6) is 0.691. The Morgan fingerprint density at radius 1 is 1.12 bits per heavy atom. The van der Waals surface area contributed by atoms with Crippen LogP contribution in [0.1, 0.15) is 84.2 Å². The highest BCUT2D eigenvalue weighted by Gasteiger charge is 2.59. The summed E-state index contributed by atoms with van der Waals surface area (Å²) in [5.41, 5.74) is -0.00532. The molecule has 3 aliphatic heterocycles. The van der Waals surface area contributed by atoms with Gasteiger partial charge in [0.1, 0.15) is 29.5 Å². The van der Waals surface area contributed by atoms with Gasteiger partial charge in [-0.15, -0.1) is 11.8 Å². The molecule has 1 unspecified atom stereocenters. The molecule has 3 fully saturated rings. The standard InChI is InChI=1S/C31H44N4O6S/c1-19(34(5)29(39)41-30(2,3)4)26(36)33-22-13-17-42-24-18-31(14-8-9-15-31)25(35(24)28(22)38)27(37)32-21-12-16-40-23-11-7-6-10-20(21)23/h6-7,10-11,19,21-22,24-25H,8-9,12-18H2,1-5H3,(H,32,37)(H,33,36)/t19-,21?,22-,24-,25+/m0/s1. The minimum atomic E-state index is -0.841. The van der Waals surface area contributed by atoms with Gasteiger partial charge in [0.2, 0.25) is 17.7 Å². The number of thioether (sulfide) groups is 1. The van der Waals surface area contributed by atoms with Gasteiger partial charge in [0.15, 0.2) is 0 Å². The van der Waals surface area contributed by atoms with Crippen LogP contribution in [-0.2, 0) is 19.1 Å². The highest BCUT2D eigenvalue weighted by atomic mass is 32.2. The molecule has 11 heteroatoms. The minimum absolute atomic E-state index is 0.114. The molecule has 10 nitrogen and oxygen atoms in total. The lowest BCUT2D eigenvalue weighted by atomic mass is 9.78. The Morgan fingerprint density at radius 3 is 2.55 bits per heavy atom. The van der Waals surface area contributed by atoms with Gasteiger partial charge in [-0.05, 0) is 65.2 Å². The number of hydrogen-bond acceptors (Lipinski definition) is 7. The first-order valence-corrected chi connectivity index (χ1v) is 16.2. The number of fused-ring (bicyclic) bond motifs is 2. The van der Waals surface area contributed by atoms with E-state index in [1.807, 2.05) is 24.3 Å². The fraction of sp³-hybridized carbons (Fsp3) is 0.677. The number of para-hydroxylation sites is 1. The highest BCUT2D eigenvalue weighted by molar-refractivity contribution is 7.99. The predicted molar refractivity (Wildman–Crippen MR) is 160 cm³/mol. The molecular formula is C31H44N4O6S. The van der Waals surface area contributed by atoms with E-state index >= 15 is 0 Å². The summed E-state index contributed by atoms with van der Waals surface area (Å²) in [4.78, 5) is 57.3. The van der Waals surface area contributed by atoms with Crippen LogP contribution in [0.4, 0.5) is 4.79 Å². The fourth-order valence-corrected chi connectivity index (χ4v) is 8.33. The molecule has 230 valence electrons. The average molecular weight is 601 g/mol. The number of nitrogens with one attached hydrogen (secondary N) is 2. The van der Waals surface area contributed by atoms with Gasteiger partial charge in [0.05, 0.1) is 18.0 Å². The van der Waals surface area contributed by atoms with Gasteiger partial charge in [-0.25, -0.2) is 4.79 Å². The molecule has 1 saturated carbocycles. The van der Waals surface area contributed by atoms with Crippen molar-refractivity contribution in [2.24, 2.45) is 5.41 Å².